The van der Waals surface area contributed by atoms with Crippen molar-refractivity contribution in [2.24, 2.45) is 0 Å². The standard InChI is InChI=1S/C19H15N3O3S/c1-12-15-4-2-3-5-16(15)26-18(12)19(24)22-21-17(23)11-25-14-8-6-13(10-20)7-9-14/h2-9H,11H2,1H3,(H,21,23)(H,22,24). The van der Waals surface area contributed by atoms with Gasteiger partial charge in [0.2, 0.25) is 0 Å². The first-order valence-corrected chi connectivity index (χ1v) is 8.60. The molecule has 0 radical (unpaired) electrons. The molecule has 0 aliphatic carbocycles. The van der Waals surface area contributed by atoms with Crippen molar-refractivity contribution in [1.82, 2.24) is 10.9 Å². The van der Waals surface area contributed by atoms with Crippen LogP contribution in [0.3, 0.4) is 0 Å². The number of nitrogens with zero attached hydrogens (tertiary/aromatic N) is 1. The summed E-state index contributed by atoms with van der Waals surface area (Å²) in [5.41, 5.74) is 6.13. The molecule has 0 spiro atoms. The van der Waals surface area contributed by atoms with Gasteiger partial charge in [-0.1, -0.05) is 18.2 Å². The minimum atomic E-state index is -0.485. The molecule has 26 heavy (non-hydrogen) atoms. The highest BCUT2D eigenvalue weighted by Gasteiger charge is 2.15. The van der Waals surface area contributed by atoms with E-state index in [-0.39, 0.29) is 12.5 Å². The molecule has 130 valence electrons. The summed E-state index contributed by atoms with van der Waals surface area (Å²) < 4.78 is 6.33. The molecule has 0 bridgehead atoms. The summed E-state index contributed by atoms with van der Waals surface area (Å²) in [7, 11) is 0. The number of hydrogen-bond acceptors (Lipinski definition) is 5. The number of amides is 2. The minimum absolute atomic E-state index is 0.252. The van der Waals surface area contributed by atoms with Gasteiger partial charge >= 0.3 is 0 Å². The largest absolute Gasteiger partial charge is 0.484 e. The van der Waals surface area contributed by atoms with Crippen LogP contribution < -0.4 is 15.6 Å². The van der Waals surface area contributed by atoms with Crippen molar-refractivity contribution >= 4 is 33.2 Å². The van der Waals surface area contributed by atoms with Gasteiger partial charge in [-0.05, 0) is 48.2 Å². The molecule has 0 saturated carbocycles. The smallest absolute Gasteiger partial charge is 0.280 e. The van der Waals surface area contributed by atoms with Crippen molar-refractivity contribution in [2.75, 3.05) is 6.61 Å². The van der Waals surface area contributed by atoms with E-state index in [1.165, 1.54) is 11.3 Å². The first kappa shape index (κ1) is 17.5. The molecule has 0 fully saturated rings. The summed E-state index contributed by atoms with van der Waals surface area (Å²) in [6.45, 7) is 1.63. The van der Waals surface area contributed by atoms with Crippen molar-refractivity contribution in [2.45, 2.75) is 6.92 Å². The summed E-state index contributed by atoms with van der Waals surface area (Å²) >= 11 is 1.38. The third-order valence-corrected chi connectivity index (χ3v) is 4.99. The predicted octanol–water partition coefficient (Wildman–Crippen LogP) is 2.92. The predicted molar refractivity (Wildman–Crippen MR) is 98.8 cm³/mol. The third kappa shape index (κ3) is 3.82. The van der Waals surface area contributed by atoms with Crippen LogP contribution in [0, 0.1) is 18.3 Å². The summed E-state index contributed by atoms with van der Waals surface area (Å²) in [4.78, 5) is 24.7. The Hall–Kier alpha value is -3.37. The average molecular weight is 365 g/mol. The summed E-state index contributed by atoms with van der Waals surface area (Å²) in [5, 5.41) is 9.76. The van der Waals surface area contributed by atoms with E-state index < -0.39 is 5.91 Å². The van der Waals surface area contributed by atoms with E-state index >= 15 is 0 Å². The summed E-state index contributed by atoms with van der Waals surface area (Å²) in [6.07, 6.45) is 0. The lowest BCUT2D eigenvalue weighted by Gasteiger charge is -2.08. The number of nitriles is 1. The van der Waals surface area contributed by atoms with Crippen LogP contribution in [0.2, 0.25) is 0 Å². The molecule has 2 amide bonds. The first-order valence-electron chi connectivity index (χ1n) is 7.79. The molecule has 0 saturated heterocycles. The van der Waals surface area contributed by atoms with E-state index in [1.807, 2.05) is 37.3 Å². The van der Waals surface area contributed by atoms with Gasteiger partial charge in [0.25, 0.3) is 11.8 Å². The molecular weight excluding hydrogens is 350 g/mol. The highest BCUT2D eigenvalue weighted by molar-refractivity contribution is 7.21. The maximum atomic E-state index is 12.3. The Kier molecular flexibility index (Phi) is 5.15. The number of benzene rings is 2. The zero-order valence-electron chi connectivity index (χ0n) is 13.9. The molecule has 2 N–H and O–H groups in total. The maximum absolute atomic E-state index is 12.3. The third-order valence-electron chi connectivity index (χ3n) is 3.72. The van der Waals surface area contributed by atoms with Crippen LogP contribution in [0.15, 0.2) is 48.5 Å². The second kappa shape index (κ2) is 7.68. The van der Waals surface area contributed by atoms with Crippen molar-refractivity contribution < 1.29 is 14.3 Å². The molecule has 0 aliphatic rings. The van der Waals surface area contributed by atoms with Gasteiger partial charge in [0.1, 0.15) is 5.75 Å². The Morgan fingerprint density at radius 2 is 1.85 bits per heavy atom. The van der Waals surface area contributed by atoms with Gasteiger partial charge < -0.3 is 4.74 Å². The second-order valence-electron chi connectivity index (χ2n) is 5.48. The highest BCUT2D eigenvalue weighted by atomic mass is 32.1. The van der Waals surface area contributed by atoms with Crippen LogP contribution in [-0.4, -0.2) is 18.4 Å². The zero-order valence-corrected chi connectivity index (χ0v) is 14.7. The molecule has 2 aromatic carbocycles. The molecule has 1 aromatic heterocycles. The van der Waals surface area contributed by atoms with E-state index in [0.29, 0.717) is 16.2 Å². The molecular formula is C19H15N3O3S. The summed E-state index contributed by atoms with van der Waals surface area (Å²) in [6, 6.07) is 16.2. The minimum Gasteiger partial charge on any atom is -0.484 e. The van der Waals surface area contributed by atoms with Crippen LogP contribution in [0.5, 0.6) is 5.75 Å². The molecule has 6 nitrogen and oxygen atoms in total. The first-order chi connectivity index (χ1) is 12.6. The SMILES string of the molecule is Cc1c(C(=O)NNC(=O)COc2ccc(C#N)cc2)sc2ccccc12. The molecule has 0 atom stereocenters. The summed E-state index contributed by atoms with van der Waals surface area (Å²) in [5.74, 6) is -0.386. The van der Waals surface area contributed by atoms with Gasteiger partial charge in [0, 0.05) is 4.70 Å². The Morgan fingerprint density at radius 3 is 2.54 bits per heavy atom. The Labute approximate surface area is 154 Å². The van der Waals surface area contributed by atoms with Gasteiger partial charge in [0.15, 0.2) is 6.61 Å². The number of aryl methyl sites for hydroxylation is 1. The molecule has 3 aromatic rings. The number of carbonyl (C=O) groups excluding carboxylic acids is 2. The van der Waals surface area contributed by atoms with Crippen LogP contribution in [0.25, 0.3) is 10.1 Å². The van der Waals surface area contributed by atoms with Crippen LogP contribution >= 0.6 is 11.3 Å². The zero-order chi connectivity index (χ0) is 18.5. The van der Waals surface area contributed by atoms with E-state index in [4.69, 9.17) is 10.00 Å². The number of ether oxygens (including phenoxy) is 1. The number of carbonyl (C=O) groups is 2. The molecule has 1 heterocycles. The van der Waals surface area contributed by atoms with E-state index in [2.05, 4.69) is 10.9 Å². The lowest BCUT2D eigenvalue weighted by molar-refractivity contribution is -0.123. The fraction of sp³-hybridized carbons (Fsp3) is 0.105. The highest BCUT2D eigenvalue weighted by Crippen LogP contribution is 2.30. The normalized spacial score (nSPS) is 10.2. The fourth-order valence-corrected chi connectivity index (χ4v) is 3.49. The molecule has 0 aliphatic heterocycles. The monoisotopic (exact) mass is 365 g/mol. The van der Waals surface area contributed by atoms with Crippen molar-refractivity contribution in [3.05, 3.63) is 64.5 Å². The Morgan fingerprint density at radius 1 is 1.12 bits per heavy atom. The Balaban J connectivity index is 1.54. The Bertz CT molecular complexity index is 1000. The van der Waals surface area contributed by atoms with Gasteiger partial charge in [-0.25, -0.2) is 0 Å². The topological polar surface area (TPSA) is 91.2 Å². The fourth-order valence-electron chi connectivity index (χ4n) is 2.38. The number of thiophene rings is 1. The lowest BCUT2D eigenvalue weighted by atomic mass is 10.1. The molecule has 7 heteroatoms. The van der Waals surface area contributed by atoms with Crippen LogP contribution in [-0.2, 0) is 4.79 Å². The average Bonchev–Trinajstić information content (AvgIpc) is 3.02. The van der Waals surface area contributed by atoms with Gasteiger partial charge in [0.05, 0.1) is 16.5 Å². The van der Waals surface area contributed by atoms with Crippen LogP contribution in [0.4, 0.5) is 0 Å². The number of fused-ring (bicyclic) bond motifs is 1. The van der Waals surface area contributed by atoms with Gasteiger partial charge in [-0.2, -0.15) is 5.26 Å². The van der Waals surface area contributed by atoms with Gasteiger partial charge in [-0.15, -0.1) is 11.3 Å². The number of nitrogens with one attached hydrogen (secondary N) is 2. The maximum Gasteiger partial charge on any atom is 0.280 e. The van der Waals surface area contributed by atoms with E-state index in [1.54, 1.807) is 24.3 Å². The molecule has 3 rings (SSSR count). The van der Waals surface area contributed by atoms with Crippen LogP contribution in [0.1, 0.15) is 20.8 Å². The number of rotatable bonds is 4. The van der Waals surface area contributed by atoms with Gasteiger partial charge in [-0.3, -0.25) is 20.4 Å². The van der Waals surface area contributed by atoms with E-state index in [0.717, 1.165) is 15.6 Å². The molecule has 0 unspecified atom stereocenters. The second-order valence-corrected chi connectivity index (χ2v) is 6.53. The number of hydrogen-bond donors (Lipinski definition) is 2. The lowest BCUT2D eigenvalue weighted by Crippen LogP contribution is -2.43. The van der Waals surface area contributed by atoms with Crippen molar-refractivity contribution in [3.8, 4) is 11.8 Å². The van der Waals surface area contributed by atoms with E-state index in [9.17, 15) is 9.59 Å². The van der Waals surface area contributed by atoms with Crippen molar-refractivity contribution in [1.29, 1.82) is 5.26 Å². The van der Waals surface area contributed by atoms with Crippen molar-refractivity contribution in [3.63, 3.8) is 0 Å². The quantitative estimate of drug-likeness (QED) is 0.696. The number of hydrazine groups is 1.